The van der Waals surface area contributed by atoms with Crippen molar-refractivity contribution >= 4 is 17.5 Å². The van der Waals surface area contributed by atoms with Crippen LogP contribution in [0.5, 0.6) is 5.75 Å². The number of anilines is 1. The van der Waals surface area contributed by atoms with Crippen LogP contribution in [0.3, 0.4) is 0 Å². The van der Waals surface area contributed by atoms with Gasteiger partial charge in [0.25, 0.3) is 11.8 Å². The van der Waals surface area contributed by atoms with Crippen molar-refractivity contribution in [1.82, 2.24) is 4.90 Å². The van der Waals surface area contributed by atoms with E-state index in [9.17, 15) is 9.59 Å². The number of hydrogen-bond donors (Lipinski definition) is 1. The van der Waals surface area contributed by atoms with E-state index in [2.05, 4.69) is 5.32 Å². The Morgan fingerprint density at radius 2 is 1.68 bits per heavy atom. The molecule has 2 amide bonds. The second kappa shape index (κ2) is 9.67. The van der Waals surface area contributed by atoms with Gasteiger partial charge in [-0.15, -0.1) is 0 Å². The summed E-state index contributed by atoms with van der Waals surface area (Å²) in [5, 5.41) is 2.87. The van der Waals surface area contributed by atoms with Crippen LogP contribution in [0.1, 0.15) is 21.7 Å². The van der Waals surface area contributed by atoms with Gasteiger partial charge in [0.05, 0.1) is 0 Å². The predicted octanol–water partition coefficient (Wildman–Crippen LogP) is 5.16. The number of carbonyl (C=O) groups excluding carboxylic acids is 2. The standard InChI is InChI=1S/C28H24N2O4/c31-27(19-33-24-12-5-2-6-13-24)29-23-11-7-10-21(16-23)26-17-22-18-30(15-14-25(22)34-26)28(32)20-8-3-1-4-9-20/h1-13,16-17H,14-15,18-19H2,(H,29,31). The summed E-state index contributed by atoms with van der Waals surface area (Å²) in [4.78, 5) is 27.0. The van der Waals surface area contributed by atoms with Crippen molar-refractivity contribution in [3.8, 4) is 17.1 Å². The smallest absolute Gasteiger partial charge is 0.262 e. The molecule has 0 aliphatic carbocycles. The van der Waals surface area contributed by atoms with E-state index in [1.54, 1.807) is 12.1 Å². The van der Waals surface area contributed by atoms with Crippen molar-refractivity contribution < 1.29 is 18.7 Å². The van der Waals surface area contributed by atoms with Crippen LogP contribution in [-0.2, 0) is 17.8 Å². The summed E-state index contributed by atoms with van der Waals surface area (Å²) >= 11 is 0. The van der Waals surface area contributed by atoms with Gasteiger partial charge < -0.3 is 19.4 Å². The van der Waals surface area contributed by atoms with Gasteiger partial charge in [-0.05, 0) is 42.5 Å². The molecule has 0 atom stereocenters. The Labute approximate surface area is 197 Å². The zero-order valence-corrected chi connectivity index (χ0v) is 18.6. The van der Waals surface area contributed by atoms with Gasteiger partial charge in [0.15, 0.2) is 6.61 Å². The number of nitrogens with one attached hydrogen (secondary N) is 1. The Morgan fingerprint density at radius 3 is 2.47 bits per heavy atom. The molecular formula is C28H24N2O4. The first-order valence-electron chi connectivity index (χ1n) is 11.2. The third kappa shape index (κ3) is 4.86. The molecule has 6 heteroatoms. The maximum Gasteiger partial charge on any atom is 0.262 e. The second-order valence-corrected chi connectivity index (χ2v) is 8.13. The van der Waals surface area contributed by atoms with Crippen molar-refractivity contribution in [3.63, 3.8) is 0 Å². The van der Waals surface area contributed by atoms with Crippen molar-refractivity contribution in [2.45, 2.75) is 13.0 Å². The molecule has 0 spiro atoms. The highest BCUT2D eigenvalue weighted by atomic mass is 16.5. The first kappa shape index (κ1) is 21.5. The predicted molar refractivity (Wildman–Crippen MR) is 130 cm³/mol. The number of rotatable bonds is 6. The summed E-state index contributed by atoms with van der Waals surface area (Å²) in [6, 6.07) is 28.0. The van der Waals surface area contributed by atoms with E-state index in [0.29, 0.717) is 36.5 Å². The number of nitrogens with zero attached hydrogens (tertiary/aromatic N) is 1. The molecule has 170 valence electrons. The minimum Gasteiger partial charge on any atom is -0.484 e. The molecule has 0 saturated carbocycles. The Balaban J connectivity index is 1.25. The average molecular weight is 453 g/mol. The number of amides is 2. The van der Waals surface area contributed by atoms with Crippen LogP contribution in [-0.4, -0.2) is 29.9 Å². The lowest BCUT2D eigenvalue weighted by Crippen LogP contribution is -2.35. The molecular weight excluding hydrogens is 428 g/mol. The topological polar surface area (TPSA) is 71.8 Å². The molecule has 0 radical (unpaired) electrons. The van der Waals surface area contributed by atoms with E-state index in [-0.39, 0.29) is 18.4 Å². The second-order valence-electron chi connectivity index (χ2n) is 8.13. The fraction of sp³-hybridized carbons (Fsp3) is 0.143. The molecule has 0 saturated heterocycles. The molecule has 34 heavy (non-hydrogen) atoms. The van der Waals surface area contributed by atoms with Gasteiger partial charge in [-0.1, -0.05) is 48.5 Å². The van der Waals surface area contributed by atoms with E-state index in [1.165, 1.54) is 0 Å². The van der Waals surface area contributed by atoms with Crippen molar-refractivity contribution in [2.75, 3.05) is 18.5 Å². The van der Waals surface area contributed by atoms with Crippen LogP contribution in [0.2, 0.25) is 0 Å². The van der Waals surface area contributed by atoms with Crippen LogP contribution in [0, 0.1) is 0 Å². The third-order valence-corrected chi connectivity index (χ3v) is 5.72. The minimum absolute atomic E-state index is 0.0245. The van der Waals surface area contributed by atoms with Crippen LogP contribution < -0.4 is 10.1 Å². The van der Waals surface area contributed by atoms with Gasteiger partial charge in [-0.3, -0.25) is 9.59 Å². The number of ether oxygens (including phenoxy) is 1. The molecule has 0 bridgehead atoms. The fourth-order valence-corrected chi connectivity index (χ4v) is 4.02. The molecule has 1 N–H and O–H groups in total. The van der Waals surface area contributed by atoms with E-state index >= 15 is 0 Å². The van der Waals surface area contributed by atoms with E-state index < -0.39 is 0 Å². The Bertz CT molecular complexity index is 1300. The van der Waals surface area contributed by atoms with Crippen LogP contribution >= 0.6 is 0 Å². The number of fused-ring (bicyclic) bond motifs is 1. The number of benzene rings is 3. The van der Waals surface area contributed by atoms with Gasteiger partial charge in [-0.25, -0.2) is 0 Å². The Morgan fingerprint density at radius 1 is 0.912 bits per heavy atom. The Hall–Kier alpha value is -4.32. The number of para-hydroxylation sites is 1. The summed E-state index contributed by atoms with van der Waals surface area (Å²) < 4.78 is 11.6. The zero-order chi connectivity index (χ0) is 23.3. The molecule has 2 heterocycles. The zero-order valence-electron chi connectivity index (χ0n) is 18.6. The first-order chi connectivity index (χ1) is 16.7. The number of hydrogen-bond acceptors (Lipinski definition) is 4. The van der Waals surface area contributed by atoms with Crippen LogP contribution in [0.25, 0.3) is 11.3 Å². The SMILES string of the molecule is O=C(COc1ccccc1)Nc1cccc(-c2cc3c(o2)CCN(C(=O)c2ccccc2)C3)c1. The normalized spacial score (nSPS) is 12.6. The summed E-state index contributed by atoms with van der Waals surface area (Å²) in [5.41, 5.74) is 3.22. The fourth-order valence-electron chi connectivity index (χ4n) is 4.02. The van der Waals surface area contributed by atoms with Crippen molar-refractivity contribution in [3.05, 3.63) is 108 Å². The maximum atomic E-state index is 12.8. The van der Waals surface area contributed by atoms with Gasteiger partial charge in [0.2, 0.25) is 0 Å². The monoisotopic (exact) mass is 452 g/mol. The highest BCUT2D eigenvalue weighted by Crippen LogP contribution is 2.31. The lowest BCUT2D eigenvalue weighted by Gasteiger charge is -2.26. The van der Waals surface area contributed by atoms with E-state index in [4.69, 9.17) is 9.15 Å². The summed E-state index contributed by atoms with van der Waals surface area (Å²) in [7, 11) is 0. The molecule has 0 fully saturated rings. The molecule has 6 nitrogen and oxygen atoms in total. The lowest BCUT2D eigenvalue weighted by molar-refractivity contribution is -0.118. The average Bonchev–Trinajstić information content (AvgIpc) is 3.32. The molecule has 3 aromatic carbocycles. The van der Waals surface area contributed by atoms with Crippen molar-refractivity contribution in [1.29, 1.82) is 0 Å². The van der Waals surface area contributed by atoms with E-state index in [1.807, 2.05) is 83.8 Å². The molecule has 0 unspecified atom stereocenters. The van der Waals surface area contributed by atoms with Crippen LogP contribution in [0.4, 0.5) is 5.69 Å². The third-order valence-electron chi connectivity index (χ3n) is 5.72. The minimum atomic E-state index is -0.241. The number of carbonyl (C=O) groups is 2. The summed E-state index contributed by atoms with van der Waals surface area (Å²) in [5.74, 6) is 2.05. The summed E-state index contributed by atoms with van der Waals surface area (Å²) in [6.45, 7) is 1.06. The van der Waals surface area contributed by atoms with Gasteiger partial charge >= 0.3 is 0 Å². The van der Waals surface area contributed by atoms with Crippen molar-refractivity contribution in [2.24, 2.45) is 0 Å². The molecule has 5 rings (SSSR count). The maximum absolute atomic E-state index is 12.8. The number of furan rings is 1. The first-order valence-corrected chi connectivity index (χ1v) is 11.2. The molecule has 4 aromatic rings. The van der Waals surface area contributed by atoms with Gasteiger partial charge in [0, 0.05) is 41.9 Å². The molecule has 1 aliphatic rings. The highest BCUT2D eigenvalue weighted by molar-refractivity contribution is 5.94. The molecule has 1 aliphatic heterocycles. The quantitative estimate of drug-likeness (QED) is 0.439. The van der Waals surface area contributed by atoms with Crippen LogP contribution in [0.15, 0.2) is 95.4 Å². The largest absolute Gasteiger partial charge is 0.484 e. The lowest BCUT2D eigenvalue weighted by atomic mass is 10.1. The Kier molecular flexibility index (Phi) is 6.12. The van der Waals surface area contributed by atoms with E-state index in [0.717, 1.165) is 22.6 Å². The molecule has 1 aromatic heterocycles. The summed E-state index contributed by atoms with van der Waals surface area (Å²) in [6.07, 6.45) is 0.668. The highest BCUT2D eigenvalue weighted by Gasteiger charge is 2.25. The van der Waals surface area contributed by atoms with Gasteiger partial charge in [0.1, 0.15) is 17.3 Å². The van der Waals surface area contributed by atoms with Gasteiger partial charge in [-0.2, -0.15) is 0 Å².